The summed E-state index contributed by atoms with van der Waals surface area (Å²) >= 11 is 0. The van der Waals surface area contributed by atoms with Gasteiger partial charge in [0.1, 0.15) is 0 Å². The van der Waals surface area contributed by atoms with E-state index in [-0.39, 0.29) is 11.9 Å². The van der Waals surface area contributed by atoms with Crippen LogP contribution >= 0.6 is 0 Å². The summed E-state index contributed by atoms with van der Waals surface area (Å²) in [7, 11) is 0. The fraction of sp³-hybridized carbons (Fsp3) is 0.929. The quantitative estimate of drug-likeness (QED) is 0.606. The van der Waals surface area contributed by atoms with E-state index >= 15 is 0 Å². The molecule has 0 spiro atoms. The van der Waals surface area contributed by atoms with Gasteiger partial charge in [0.05, 0.1) is 5.60 Å². The molecule has 1 saturated carbocycles. The first-order chi connectivity index (χ1) is 8.56. The first kappa shape index (κ1) is 15.4. The predicted octanol–water partition coefficient (Wildman–Crippen LogP) is 1.58. The lowest BCUT2D eigenvalue weighted by Gasteiger charge is -2.32. The third-order valence-corrected chi connectivity index (χ3v) is 3.79. The Morgan fingerprint density at radius 1 is 1.33 bits per heavy atom. The maximum atomic E-state index is 11.5. The molecule has 4 heteroatoms. The van der Waals surface area contributed by atoms with Gasteiger partial charge in [0.2, 0.25) is 5.91 Å². The van der Waals surface area contributed by atoms with Gasteiger partial charge < -0.3 is 15.7 Å². The van der Waals surface area contributed by atoms with Crippen LogP contribution < -0.4 is 10.6 Å². The highest BCUT2D eigenvalue weighted by atomic mass is 16.3. The van der Waals surface area contributed by atoms with Crippen LogP contribution in [0.15, 0.2) is 0 Å². The molecule has 1 unspecified atom stereocenters. The van der Waals surface area contributed by atoms with Crippen LogP contribution in [0.25, 0.3) is 0 Å². The number of aliphatic hydroxyl groups is 1. The molecule has 1 atom stereocenters. The Hall–Kier alpha value is -0.610. The number of carbonyl (C=O) groups is 1. The average molecular weight is 256 g/mol. The van der Waals surface area contributed by atoms with E-state index in [9.17, 15) is 9.90 Å². The smallest absolute Gasteiger partial charge is 0.221 e. The summed E-state index contributed by atoms with van der Waals surface area (Å²) in [5, 5.41) is 16.4. The molecule has 0 aromatic heterocycles. The van der Waals surface area contributed by atoms with E-state index in [0.29, 0.717) is 19.5 Å². The van der Waals surface area contributed by atoms with Crippen molar-refractivity contribution < 1.29 is 9.90 Å². The van der Waals surface area contributed by atoms with Crippen LogP contribution in [0.5, 0.6) is 0 Å². The molecule has 4 nitrogen and oxygen atoms in total. The highest BCUT2D eigenvalue weighted by Crippen LogP contribution is 2.27. The van der Waals surface area contributed by atoms with Crippen molar-refractivity contribution in [3.63, 3.8) is 0 Å². The predicted molar refractivity (Wildman–Crippen MR) is 73.4 cm³/mol. The van der Waals surface area contributed by atoms with Crippen molar-refractivity contribution in [3.05, 3.63) is 0 Å². The normalized spacial score (nSPS) is 20.4. The topological polar surface area (TPSA) is 61.4 Å². The Kier molecular flexibility index (Phi) is 6.65. The Labute approximate surface area is 111 Å². The van der Waals surface area contributed by atoms with E-state index in [2.05, 4.69) is 17.6 Å². The molecule has 0 aromatic rings. The van der Waals surface area contributed by atoms with E-state index in [4.69, 9.17) is 0 Å². The number of carbonyl (C=O) groups excluding carboxylic acids is 1. The van der Waals surface area contributed by atoms with Gasteiger partial charge in [0.15, 0.2) is 0 Å². The van der Waals surface area contributed by atoms with Crippen LogP contribution in [-0.4, -0.2) is 35.7 Å². The summed E-state index contributed by atoms with van der Waals surface area (Å²) < 4.78 is 0. The summed E-state index contributed by atoms with van der Waals surface area (Å²) in [5.74, 6) is 0.0903. The lowest BCUT2D eigenvalue weighted by Crippen LogP contribution is -2.43. The van der Waals surface area contributed by atoms with E-state index in [0.717, 1.165) is 32.1 Å². The van der Waals surface area contributed by atoms with Gasteiger partial charge in [-0.05, 0) is 26.2 Å². The first-order valence-corrected chi connectivity index (χ1v) is 7.28. The van der Waals surface area contributed by atoms with Gasteiger partial charge in [-0.3, -0.25) is 4.79 Å². The Balaban J connectivity index is 2.09. The van der Waals surface area contributed by atoms with Crippen molar-refractivity contribution >= 4 is 5.91 Å². The molecule has 1 aliphatic carbocycles. The van der Waals surface area contributed by atoms with Crippen molar-refractivity contribution in [2.75, 3.05) is 13.1 Å². The molecule has 0 heterocycles. The summed E-state index contributed by atoms with van der Waals surface area (Å²) in [6.45, 7) is 5.33. The molecule has 0 saturated heterocycles. The van der Waals surface area contributed by atoms with Gasteiger partial charge in [-0.2, -0.15) is 0 Å². The van der Waals surface area contributed by atoms with Gasteiger partial charge in [0, 0.05) is 25.6 Å². The third-order valence-electron chi connectivity index (χ3n) is 3.79. The molecular weight excluding hydrogens is 228 g/mol. The zero-order chi connectivity index (χ0) is 13.4. The monoisotopic (exact) mass is 256 g/mol. The summed E-state index contributed by atoms with van der Waals surface area (Å²) in [5.41, 5.74) is -0.536. The molecule has 1 aliphatic rings. The second-order valence-corrected chi connectivity index (χ2v) is 5.59. The average Bonchev–Trinajstić information content (AvgIpc) is 2.35. The van der Waals surface area contributed by atoms with Crippen LogP contribution in [0.2, 0.25) is 0 Å². The van der Waals surface area contributed by atoms with E-state index in [1.807, 2.05) is 6.92 Å². The maximum Gasteiger partial charge on any atom is 0.221 e. The summed E-state index contributed by atoms with van der Waals surface area (Å²) in [6, 6.07) is 0.250. The van der Waals surface area contributed by atoms with Crippen LogP contribution in [0, 0.1) is 0 Å². The molecule has 1 rings (SSSR count). The van der Waals surface area contributed by atoms with Crippen molar-refractivity contribution in [3.8, 4) is 0 Å². The Morgan fingerprint density at radius 3 is 2.61 bits per heavy atom. The summed E-state index contributed by atoms with van der Waals surface area (Å²) in [4.78, 5) is 11.5. The molecule has 3 N–H and O–H groups in total. The van der Waals surface area contributed by atoms with Crippen molar-refractivity contribution in [2.45, 2.75) is 70.4 Å². The van der Waals surface area contributed by atoms with Crippen LogP contribution in [0.3, 0.4) is 0 Å². The molecule has 106 valence electrons. The van der Waals surface area contributed by atoms with Crippen LogP contribution in [0.1, 0.15) is 58.8 Å². The zero-order valence-electron chi connectivity index (χ0n) is 11.8. The van der Waals surface area contributed by atoms with Gasteiger partial charge in [-0.25, -0.2) is 0 Å². The minimum absolute atomic E-state index is 0.0903. The number of amides is 1. The largest absolute Gasteiger partial charge is 0.389 e. The molecule has 1 fully saturated rings. The lowest BCUT2D eigenvalue weighted by molar-refractivity contribution is -0.121. The molecule has 0 bridgehead atoms. The minimum Gasteiger partial charge on any atom is -0.389 e. The fourth-order valence-corrected chi connectivity index (χ4v) is 2.36. The second-order valence-electron chi connectivity index (χ2n) is 5.59. The number of rotatable bonds is 7. The molecule has 1 amide bonds. The molecule has 18 heavy (non-hydrogen) atoms. The third kappa shape index (κ3) is 5.83. The zero-order valence-corrected chi connectivity index (χ0v) is 11.8. The van der Waals surface area contributed by atoms with E-state index in [1.54, 1.807) is 0 Å². The fourth-order valence-electron chi connectivity index (χ4n) is 2.36. The number of hydrogen-bond donors (Lipinski definition) is 3. The van der Waals surface area contributed by atoms with Crippen molar-refractivity contribution in [1.29, 1.82) is 0 Å². The van der Waals surface area contributed by atoms with Crippen molar-refractivity contribution in [2.24, 2.45) is 0 Å². The molecular formula is C14H28N2O2. The molecule has 0 aliphatic heterocycles. The highest BCUT2D eigenvalue weighted by molar-refractivity contribution is 5.76. The van der Waals surface area contributed by atoms with Gasteiger partial charge >= 0.3 is 0 Å². The number of nitrogens with one attached hydrogen (secondary N) is 2. The maximum absolute atomic E-state index is 11.5. The van der Waals surface area contributed by atoms with E-state index in [1.165, 1.54) is 6.42 Å². The SMILES string of the molecule is CCC(C)NC(=O)CCNCC1(O)CCCCC1. The second kappa shape index (κ2) is 7.74. The first-order valence-electron chi connectivity index (χ1n) is 7.28. The van der Waals surface area contributed by atoms with E-state index < -0.39 is 5.60 Å². The van der Waals surface area contributed by atoms with Crippen LogP contribution in [0.4, 0.5) is 0 Å². The van der Waals surface area contributed by atoms with Gasteiger partial charge in [0.25, 0.3) is 0 Å². The minimum atomic E-state index is -0.536. The Bertz CT molecular complexity index is 250. The highest BCUT2D eigenvalue weighted by Gasteiger charge is 2.28. The van der Waals surface area contributed by atoms with Gasteiger partial charge in [-0.1, -0.05) is 26.2 Å². The Morgan fingerprint density at radius 2 is 2.00 bits per heavy atom. The van der Waals surface area contributed by atoms with Gasteiger partial charge in [-0.15, -0.1) is 0 Å². The lowest BCUT2D eigenvalue weighted by atomic mass is 9.85. The number of hydrogen-bond acceptors (Lipinski definition) is 3. The standard InChI is InChI=1S/C14H28N2O2/c1-3-12(2)16-13(17)7-10-15-11-14(18)8-5-4-6-9-14/h12,15,18H,3-11H2,1-2H3,(H,16,17). The summed E-state index contributed by atoms with van der Waals surface area (Å²) in [6.07, 6.45) is 6.69. The molecule has 0 radical (unpaired) electrons. The van der Waals surface area contributed by atoms with Crippen LogP contribution in [-0.2, 0) is 4.79 Å². The molecule has 0 aromatic carbocycles. The van der Waals surface area contributed by atoms with Crippen molar-refractivity contribution in [1.82, 2.24) is 10.6 Å².